The molecule has 144 valence electrons. The predicted octanol–water partition coefficient (Wildman–Crippen LogP) is 4.72. The van der Waals surface area contributed by atoms with E-state index in [9.17, 15) is 4.79 Å². The molecule has 1 N–H and O–H groups in total. The number of hydrogen-bond acceptors (Lipinski definition) is 5. The summed E-state index contributed by atoms with van der Waals surface area (Å²) in [5.41, 5.74) is 4.56. The minimum absolute atomic E-state index is 0.0117. The van der Waals surface area contributed by atoms with Gasteiger partial charge in [0.15, 0.2) is 0 Å². The molecule has 6 heteroatoms. The van der Waals surface area contributed by atoms with Crippen molar-refractivity contribution in [3.8, 4) is 11.5 Å². The summed E-state index contributed by atoms with van der Waals surface area (Å²) in [5.74, 6) is 0.469. The maximum atomic E-state index is 12.7. The maximum absolute atomic E-state index is 12.7. The molecule has 0 radical (unpaired) electrons. The molecule has 0 saturated heterocycles. The number of thioether (sulfide) groups is 1. The van der Waals surface area contributed by atoms with Crippen molar-refractivity contribution in [3.05, 3.63) is 65.2 Å². The molecule has 1 aliphatic rings. The van der Waals surface area contributed by atoms with Crippen molar-refractivity contribution in [1.29, 1.82) is 0 Å². The number of aryl methyl sites for hydroxylation is 2. The van der Waals surface area contributed by atoms with Crippen LogP contribution in [-0.2, 0) is 11.2 Å². The number of fused-ring (bicyclic) bond motifs is 1. The fourth-order valence-corrected chi connectivity index (χ4v) is 4.27. The van der Waals surface area contributed by atoms with Gasteiger partial charge in [-0.15, -0.1) is 10.2 Å². The van der Waals surface area contributed by atoms with E-state index in [4.69, 9.17) is 4.42 Å². The maximum Gasteiger partial charge on any atom is 0.277 e. The van der Waals surface area contributed by atoms with E-state index in [1.54, 1.807) is 0 Å². The highest BCUT2D eigenvalue weighted by Gasteiger charge is 2.25. The third-order valence-electron chi connectivity index (χ3n) is 5.11. The summed E-state index contributed by atoms with van der Waals surface area (Å²) in [6.07, 6.45) is 3.14. The van der Waals surface area contributed by atoms with Crippen molar-refractivity contribution in [1.82, 2.24) is 15.5 Å². The molecule has 3 aromatic rings. The van der Waals surface area contributed by atoms with Crippen LogP contribution in [0.4, 0.5) is 0 Å². The molecule has 0 aliphatic heterocycles. The highest BCUT2D eigenvalue weighted by atomic mass is 32.2. The van der Waals surface area contributed by atoms with Gasteiger partial charge in [0, 0.05) is 5.56 Å². The summed E-state index contributed by atoms with van der Waals surface area (Å²) < 4.78 is 5.78. The largest absolute Gasteiger partial charge is 0.411 e. The molecule has 28 heavy (non-hydrogen) atoms. The Kier molecular flexibility index (Phi) is 5.48. The van der Waals surface area contributed by atoms with Crippen LogP contribution >= 0.6 is 11.8 Å². The summed E-state index contributed by atoms with van der Waals surface area (Å²) in [7, 11) is 0. The zero-order valence-corrected chi connectivity index (χ0v) is 16.8. The van der Waals surface area contributed by atoms with Crippen molar-refractivity contribution in [2.24, 2.45) is 0 Å². The summed E-state index contributed by atoms with van der Waals surface area (Å²) >= 11 is 1.29. The second kappa shape index (κ2) is 8.19. The first kappa shape index (κ1) is 18.7. The molecule has 1 amide bonds. The second-order valence-electron chi connectivity index (χ2n) is 7.10. The van der Waals surface area contributed by atoms with Gasteiger partial charge in [0.1, 0.15) is 0 Å². The number of benzene rings is 2. The molecule has 0 unspecified atom stereocenters. The molecule has 0 fully saturated rings. The number of nitrogens with zero attached hydrogens (tertiary/aromatic N) is 2. The molecule has 0 bridgehead atoms. The van der Waals surface area contributed by atoms with E-state index in [1.807, 2.05) is 44.2 Å². The molecule has 1 aliphatic carbocycles. The number of rotatable bonds is 5. The van der Waals surface area contributed by atoms with Gasteiger partial charge in [-0.3, -0.25) is 4.79 Å². The van der Waals surface area contributed by atoms with Gasteiger partial charge < -0.3 is 9.73 Å². The lowest BCUT2D eigenvalue weighted by Crippen LogP contribution is -2.35. The number of hydrogen-bond donors (Lipinski definition) is 1. The Morgan fingerprint density at radius 1 is 1.18 bits per heavy atom. The summed E-state index contributed by atoms with van der Waals surface area (Å²) in [5, 5.41) is 11.5. The van der Waals surface area contributed by atoms with Crippen molar-refractivity contribution < 1.29 is 9.21 Å². The van der Waals surface area contributed by atoms with Crippen LogP contribution in [0.2, 0.25) is 0 Å². The number of amides is 1. The van der Waals surface area contributed by atoms with Gasteiger partial charge in [0.25, 0.3) is 5.22 Å². The standard InChI is InChI=1S/C22H23N3O2S/c1-14-8-3-5-11-17(14)21-24-25-22(27-21)28-15(2)20(26)23-19-13-7-10-16-9-4-6-12-18(16)19/h3-6,8-9,11-12,15,19H,7,10,13H2,1-2H3,(H,23,26)/t15-,19+/m1/s1. The van der Waals surface area contributed by atoms with Crippen molar-refractivity contribution in [3.63, 3.8) is 0 Å². The third-order valence-corrected chi connectivity index (χ3v) is 6.05. The fraction of sp³-hybridized carbons (Fsp3) is 0.318. The Morgan fingerprint density at radius 3 is 2.82 bits per heavy atom. The summed E-state index contributed by atoms with van der Waals surface area (Å²) in [6, 6.07) is 16.3. The van der Waals surface area contributed by atoms with Crippen molar-refractivity contribution >= 4 is 17.7 Å². The van der Waals surface area contributed by atoms with Gasteiger partial charge in [0.2, 0.25) is 11.8 Å². The van der Waals surface area contributed by atoms with Gasteiger partial charge in [-0.2, -0.15) is 0 Å². The van der Waals surface area contributed by atoms with Gasteiger partial charge in [0.05, 0.1) is 11.3 Å². The lowest BCUT2D eigenvalue weighted by molar-refractivity contribution is -0.121. The number of aromatic nitrogens is 2. The summed E-state index contributed by atoms with van der Waals surface area (Å²) in [4.78, 5) is 12.7. The van der Waals surface area contributed by atoms with Crippen LogP contribution in [0.3, 0.4) is 0 Å². The normalized spacial score (nSPS) is 17.0. The summed E-state index contributed by atoms with van der Waals surface area (Å²) in [6.45, 7) is 3.87. The van der Waals surface area contributed by atoms with Crippen LogP contribution in [0.15, 0.2) is 58.2 Å². The first-order valence-electron chi connectivity index (χ1n) is 9.56. The molecular weight excluding hydrogens is 370 g/mol. The Morgan fingerprint density at radius 2 is 1.96 bits per heavy atom. The lowest BCUT2D eigenvalue weighted by Gasteiger charge is -2.27. The van der Waals surface area contributed by atoms with Crippen LogP contribution in [0.25, 0.3) is 11.5 Å². The van der Waals surface area contributed by atoms with Crippen LogP contribution in [-0.4, -0.2) is 21.4 Å². The van der Waals surface area contributed by atoms with Crippen molar-refractivity contribution in [2.75, 3.05) is 0 Å². The highest BCUT2D eigenvalue weighted by Crippen LogP contribution is 2.31. The van der Waals surface area contributed by atoms with E-state index in [0.29, 0.717) is 11.1 Å². The monoisotopic (exact) mass is 393 g/mol. The molecule has 0 spiro atoms. The molecule has 1 heterocycles. The molecule has 4 rings (SSSR count). The zero-order chi connectivity index (χ0) is 19.5. The smallest absolute Gasteiger partial charge is 0.277 e. The Balaban J connectivity index is 1.41. The van der Waals surface area contributed by atoms with Gasteiger partial charge >= 0.3 is 0 Å². The molecule has 2 aromatic carbocycles. The molecule has 2 atom stereocenters. The lowest BCUT2D eigenvalue weighted by atomic mass is 9.88. The number of carbonyl (C=O) groups is 1. The van der Waals surface area contributed by atoms with Crippen molar-refractivity contribution in [2.45, 2.75) is 49.6 Å². The van der Waals surface area contributed by atoms with Crippen LogP contribution in [0.5, 0.6) is 0 Å². The molecule has 5 nitrogen and oxygen atoms in total. The first-order valence-corrected chi connectivity index (χ1v) is 10.4. The van der Waals surface area contributed by atoms with Gasteiger partial charge in [-0.25, -0.2) is 0 Å². The fourth-order valence-electron chi connectivity index (χ4n) is 3.58. The predicted molar refractivity (Wildman–Crippen MR) is 110 cm³/mol. The SMILES string of the molecule is Cc1ccccc1-c1nnc(S[C@H](C)C(=O)N[C@H]2CCCc3ccccc32)o1. The third kappa shape index (κ3) is 3.97. The molecule has 1 aromatic heterocycles. The van der Waals surface area contributed by atoms with E-state index in [2.05, 4.69) is 33.7 Å². The van der Waals surface area contributed by atoms with Crippen LogP contribution < -0.4 is 5.32 Å². The first-order chi connectivity index (χ1) is 13.6. The highest BCUT2D eigenvalue weighted by molar-refractivity contribution is 8.00. The Bertz CT molecular complexity index is 985. The van der Waals surface area contributed by atoms with Gasteiger partial charge in [-0.1, -0.05) is 54.2 Å². The van der Waals surface area contributed by atoms with Crippen LogP contribution in [0.1, 0.15) is 42.5 Å². The Hall–Kier alpha value is -2.60. The zero-order valence-electron chi connectivity index (χ0n) is 16.0. The minimum atomic E-state index is -0.320. The van der Waals surface area contributed by atoms with E-state index >= 15 is 0 Å². The average Bonchev–Trinajstić information content (AvgIpc) is 3.16. The second-order valence-corrected chi connectivity index (χ2v) is 8.39. The van der Waals surface area contributed by atoms with E-state index in [-0.39, 0.29) is 17.2 Å². The Labute approximate surface area is 168 Å². The molecular formula is C22H23N3O2S. The van der Waals surface area contributed by atoms with Crippen LogP contribution in [0, 0.1) is 6.92 Å². The van der Waals surface area contributed by atoms with Gasteiger partial charge in [-0.05, 0) is 55.9 Å². The van der Waals surface area contributed by atoms with E-state index in [1.165, 1.54) is 22.9 Å². The molecule has 0 saturated carbocycles. The number of nitrogens with one attached hydrogen (secondary N) is 1. The average molecular weight is 394 g/mol. The van der Waals surface area contributed by atoms with E-state index < -0.39 is 0 Å². The minimum Gasteiger partial charge on any atom is -0.411 e. The topological polar surface area (TPSA) is 68.0 Å². The quantitative estimate of drug-likeness (QED) is 0.635. The van der Waals surface area contributed by atoms with E-state index in [0.717, 1.165) is 30.4 Å². The number of carbonyl (C=O) groups excluding carboxylic acids is 1.